The number of rotatable bonds is 4. The first-order valence-corrected chi connectivity index (χ1v) is 8.05. The number of nitrogens with zero attached hydrogens (tertiary/aromatic N) is 2. The topological polar surface area (TPSA) is 24.1 Å². The molecule has 0 bridgehead atoms. The Kier molecular flexibility index (Phi) is 3.37. The molecule has 0 aliphatic heterocycles. The van der Waals surface area contributed by atoms with Crippen molar-refractivity contribution < 1.29 is 8.96 Å². The van der Waals surface area contributed by atoms with Gasteiger partial charge in [-0.2, -0.15) is 4.40 Å². The molecule has 4 heteroatoms. The molecule has 0 saturated heterocycles. The monoisotopic (exact) mass is 308 g/mol. The van der Waals surface area contributed by atoms with Gasteiger partial charge in [-0.15, -0.1) is 0 Å². The number of aromatic nitrogens is 3. The lowest BCUT2D eigenvalue weighted by molar-refractivity contribution is -0.648. The van der Waals surface area contributed by atoms with Crippen LogP contribution in [0.5, 0.6) is 0 Å². The lowest BCUT2D eigenvalue weighted by atomic mass is 10.2. The Hall–Kier alpha value is -2.62. The first-order chi connectivity index (χ1) is 11.3. The molecule has 0 spiro atoms. The highest BCUT2D eigenvalue weighted by molar-refractivity contribution is 5.76. The number of aromatic amines is 1. The van der Waals surface area contributed by atoms with Crippen molar-refractivity contribution in [3.8, 4) is 11.3 Å². The third-order valence-corrected chi connectivity index (χ3v) is 4.31. The van der Waals surface area contributed by atoms with Gasteiger partial charge < -0.3 is 0 Å². The van der Waals surface area contributed by atoms with Crippen molar-refractivity contribution in [3.05, 3.63) is 60.5 Å². The maximum Gasteiger partial charge on any atom is 0.368 e. The number of aryl methyl sites for hydroxylation is 1. The molecule has 4 aromatic rings. The van der Waals surface area contributed by atoms with Crippen molar-refractivity contribution in [1.82, 2.24) is 9.38 Å². The summed E-state index contributed by atoms with van der Waals surface area (Å²) in [5.74, 6) is 0.856. The predicted octanol–water partition coefficient (Wildman–Crippen LogP) is 4.31. The lowest BCUT2D eigenvalue weighted by Crippen LogP contribution is -2.33. The molecule has 2 aromatic heterocycles. The number of H-pyrrole nitrogens is 1. The zero-order chi connectivity index (χ0) is 15.8. The average Bonchev–Trinajstić information content (AvgIpc) is 3.12. The molecule has 0 unspecified atom stereocenters. The van der Waals surface area contributed by atoms with E-state index in [0.717, 1.165) is 36.4 Å². The van der Waals surface area contributed by atoms with Crippen molar-refractivity contribution >= 4 is 16.8 Å². The fourth-order valence-corrected chi connectivity index (χ4v) is 3.11. The van der Waals surface area contributed by atoms with Gasteiger partial charge in [-0.1, -0.05) is 25.5 Å². The van der Waals surface area contributed by atoms with E-state index in [9.17, 15) is 4.39 Å². The molecule has 0 aliphatic rings. The van der Waals surface area contributed by atoms with E-state index in [0.29, 0.717) is 0 Å². The smallest absolute Gasteiger partial charge is 0.241 e. The summed E-state index contributed by atoms with van der Waals surface area (Å²) in [5, 5.41) is 0. The van der Waals surface area contributed by atoms with E-state index < -0.39 is 0 Å². The Morgan fingerprint density at radius 1 is 1.09 bits per heavy atom. The molecule has 0 atom stereocenters. The molecular formula is C19H19FN3+. The van der Waals surface area contributed by atoms with E-state index in [1.807, 2.05) is 0 Å². The largest absolute Gasteiger partial charge is 0.368 e. The summed E-state index contributed by atoms with van der Waals surface area (Å²) >= 11 is 0. The van der Waals surface area contributed by atoms with Gasteiger partial charge >= 0.3 is 5.78 Å². The molecule has 2 aromatic carbocycles. The molecule has 2 heterocycles. The minimum Gasteiger partial charge on any atom is -0.241 e. The van der Waals surface area contributed by atoms with Crippen molar-refractivity contribution in [1.29, 1.82) is 0 Å². The summed E-state index contributed by atoms with van der Waals surface area (Å²) in [6, 6.07) is 15.0. The van der Waals surface area contributed by atoms with Crippen LogP contribution in [0.4, 0.5) is 4.39 Å². The van der Waals surface area contributed by atoms with Gasteiger partial charge in [-0.3, -0.25) is 0 Å². The van der Waals surface area contributed by atoms with E-state index in [2.05, 4.69) is 51.3 Å². The quantitative estimate of drug-likeness (QED) is 0.543. The van der Waals surface area contributed by atoms with Gasteiger partial charge in [0.2, 0.25) is 0 Å². The molecular weight excluding hydrogens is 289 g/mol. The molecule has 0 saturated carbocycles. The fraction of sp³-hybridized carbons (Fsp3) is 0.211. The van der Waals surface area contributed by atoms with Crippen LogP contribution in [-0.2, 0) is 6.54 Å². The van der Waals surface area contributed by atoms with Gasteiger partial charge in [0.25, 0.3) is 0 Å². The fourth-order valence-electron chi connectivity index (χ4n) is 3.11. The summed E-state index contributed by atoms with van der Waals surface area (Å²) < 4.78 is 17.6. The summed E-state index contributed by atoms with van der Waals surface area (Å²) in [6.07, 6.45) is 4.39. The predicted molar refractivity (Wildman–Crippen MR) is 89.8 cm³/mol. The average molecular weight is 308 g/mol. The van der Waals surface area contributed by atoms with Gasteiger partial charge in [0, 0.05) is 5.56 Å². The number of imidazole rings is 2. The Balaban J connectivity index is 1.92. The Morgan fingerprint density at radius 2 is 1.87 bits per heavy atom. The molecule has 0 fully saturated rings. The molecule has 0 amide bonds. The van der Waals surface area contributed by atoms with Crippen LogP contribution in [0.1, 0.15) is 19.8 Å². The second-order valence-electron chi connectivity index (χ2n) is 5.86. The van der Waals surface area contributed by atoms with Crippen LogP contribution in [-0.4, -0.2) is 9.38 Å². The Labute approximate surface area is 134 Å². The number of hydrogen-bond donors (Lipinski definition) is 1. The minimum absolute atomic E-state index is 0.213. The van der Waals surface area contributed by atoms with E-state index in [1.165, 1.54) is 23.2 Å². The first-order valence-electron chi connectivity index (χ1n) is 8.05. The highest BCUT2D eigenvalue weighted by Gasteiger charge is 2.20. The number of nitrogens with one attached hydrogen (secondary N) is 1. The first kappa shape index (κ1) is 14.0. The highest BCUT2D eigenvalue weighted by atomic mass is 19.1. The van der Waals surface area contributed by atoms with E-state index in [-0.39, 0.29) is 5.82 Å². The number of para-hydroxylation sites is 2. The second kappa shape index (κ2) is 5.54. The van der Waals surface area contributed by atoms with Crippen molar-refractivity contribution in [2.24, 2.45) is 0 Å². The highest BCUT2D eigenvalue weighted by Crippen LogP contribution is 2.22. The number of halogens is 1. The van der Waals surface area contributed by atoms with Crippen LogP contribution in [0.25, 0.3) is 28.1 Å². The lowest BCUT2D eigenvalue weighted by Gasteiger charge is -1.98. The van der Waals surface area contributed by atoms with Crippen molar-refractivity contribution in [2.75, 3.05) is 0 Å². The van der Waals surface area contributed by atoms with Crippen molar-refractivity contribution in [3.63, 3.8) is 0 Å². The van der Waals surface area contributed by atoms with Gasteiger partial charge in [0.05, 0.1) is 6.54 Å². The Morgan fingerprint density at radius 3 is 2.65 bits per heavy atom. The second-order valence-corrected chi connectivity index (χ2v) is 5.86. The zero-order valence-corrected chi connectivity index (χ0v) is 13.1. The SMILES string of the molecule is CCCC[n+]1c2ccccc2n2cc(-c3ccc(F)cc3)[nH]c21. The van der Waals surface area contributed by atoms with Gasteiger partial charge in [-0.25, -0.2) is 13.9 Å². The maximum absolute atomic E-state index is 13.1. The van der Waals surface area contributed by atoms with E-state index in [1.54, 1.807) is 12.1 Å². The summed E-state index contributed by atoms with van der Waals surface area (Å²) in [4.78, 5) is 3.50. The van der Waals surface area contributed by atoms with Gasteiger partial charge in [0.1, 0.15) is 28.7 Å². The van der Waals surface area contributed by atoms with Gasteiger partial charge in [0.15, 0.2) is 0 Å². The van der Waals surface area contributed by atoms with Crippen LogP contribution < -0.4 is 4.57 Å². The van der Waals surface area contributed by atoms with E-state index >= 15 is 0 Å². The van der Waals surface area contributed by atoms with Gasteiger partial charge in [-0.05, 0) is 42.8 Å². The van der Waals surface area contributed by atoms with Crippen LogP contribution in [0.15, 0.2) is 54.7 Å². The third kappa shape index (κ3) is 2.31. The summed E-state index contributed by atoms with van der Waals surface area (Å²) in [5.41, 5.74) is 4.40. The molecule has 1 N–H and O–H groups in total. The zero-order valence-electron chi connectivity index (χ0n) is 13.1. The number of unbranched alkanes of at least 4 members (excludes halogenated alkanes) is 1. The minimum atomic E-state index is -0.213. The normalized spacial score (nSPS) is 11.6. The standard InChI is InChI=1S/C19H18FN3/c1-2-3-12-22-17-6-4-5-7-18(17)23-13-16(21-19(22)23)14-8-10-15(20)11-9-14/h4-11,13H,2-3,12H2,1H3/p+1. The Bertz CT molecular complexity index is 964. The molecule has 116 valence electrons. The van der Waals surface area contributed by atoms with E-state index in [4.69, 9.17) is 0 Å². The molecule has 4 rings (SSSR count). The molecule has 0 aliphatic carbocycles. The van der Waals surface area contributed by atoms with Crippen LogP contribution in [0, 0.1) is 5.82 Å². The van der Waals surface area contributed by atoms with Crippen LogP contribution in [0.2, 0.25) is 0 Å². The number of fused-ring (bicyclic) bond motifs is 3. The number of benzene rings is 2. The number of hydrogen-bond acceptors (Lipinski definition) is 0. The molecule has 23 heavy (non-hydrogen) atoms. The summed E-state index contributed by atoms with van der Waals surface area (Å²) in [6.45, 7) is 3.19. The van der Waals surface area contributed by atoms with Crippen LogP contribution >= 0.6 is 0 Å². The van der Waals surface area contributed by atoms with Crippen LogP contribution in [0.3, 0.4) is 0 Å². The van der Waals surface area contributed by atoms with Crippen molar-refractivity contribution in [2.45, 2.75) is 26.3 Å². The molecule has 3 nitrogen and oxygen atoms in total. The molecule has 0 radical (unpaired) electrons. The third-order valence-electron chi connectivity index (χ3n) is 4.31. The summed E-state index contributed by atoms with van der Waals surface area (Å²) in [7, 11) is 0. The maximum atomic E-state index is 13.1.